The molecule has 114 valence electrons. The van der Waals surface area contributed by atoms with Gasteiger partial charge in [-0.2, -0.15) is 5.26 Å². The van der Waals surface area contributed by atoms with Crippen LogP contribution in [0.2, 0.25) is 0 Å². The molecule has 0 bridgehead atoms. The summed E-state index contributed by atoms with van der Waals surface area (Å²) < 4.78 is 6.05. The van der Waals surface area contributed by atoms with Crippen molar-refractivity contribution in [2.45, 2.75) is 38.8 Å². The van der Waals surface area contributed by atoms with Crippen LogP contribution in [0, 0.1) is 21.4 Å². The number of hydrogen-bond acceptors (Lipinski definition) is 5. The maximum atomic E-state index is 10.9. The van der Waals surface area contributed by atoms with E-state index in [1.165, 1.54) is 6.07 Å². The predicted molar refractivity (Wildman–Crippen MR) is 83.2 cm³/mol. The van der Waals surface area contributed by atoms with Crippen molar-refractivity contribution in [2.75, 3.05) is 6.54 Å². The van der Waals surface area contributed by atoms with E-state index in [1.54, 1.807) is 19.1 Å². The predicted octanol–water partition coefficient (Wildman–Crippen LogP) is 3.41. The first-order valence-corrected chi connectivity index (χ1v) is 7.38. The number of benzene rings is 1. The summed E-state index contributed by atoms with van der Waals surface area (Å²) in [6.45, 7) is 6.24. The Kier molecular flexibility index (Phi) is 6.12. The molecule has 0 saturated heterocycles. The first kappa shape index (κ1) is 17.4. The van der Waals surface area contributed by atoms with Gasteiger partial charge in [0.1, 0.15) is 15.8 Å². The van der Waals surface area contributed by atoms with Crippen LogP contribution in [0.3, 0.4) is 0 Å². The minimum Gasteiger partial charge on any atom is -0.489 e. The average Bonchev–Trinajstić information content (AvgIpc) is 2.41. The summed E-state index contributed by atoms with van der Waals surface area (Å²) >= 11 is 3.19. The van der Waals surface area contributed by atoms with Gasteiger partial charge in [-0.1, -0.05) is 13.0 Å². The van der Waals surface area contributed by atoms with Gasteiger partial charge < -0.3 is 4.74 Å². The van der Waals surface area contributed by atoms with Gasteiger partial charge in [-0.3, -0.25) is 15.4 Å². The molecule has 1 N–H and O–H groups in total. The maximum Gasteiger partial charge on any atom is 0.287 e. The minimum absolute atomic E-state index is 0.0468. The van der Waals surface area contributed by atoms with Gasteiger partial charge in [-0.25, -0.2) is 0 Å². The monoisotopic (exact) mass is 355 g/mol. The van der Waals surface area contributed by atoms with Crippen molar-refractivity contribution in [3.05, 3.63) is 32.8 Å². The van der Waals surface area contributed by atoms with Crippen LogP contribution in [0.25, 0.3) is 0 Å². The third kappa shape index (κ3) is 4.69. The number of rotatable bonds is 7. The lowest BCUT2D eigenvalue weighted by atomic mass is 9.96. The Morgan fingerprint density at radius 2 is 2.29 bits per heavy atom. The number of halogens is 1. The summed E-state index contributed by atoms with van der Waals surface area (Å²) in [6.07, 6.45) is 0.193. The Morgan fingerprint density at radius 3 is 2.81 bits per heavy atom. The van der Waals surface area contributed by atoms with Crippen LogP contribution in [0.5, 0.6) is 5.75 Å². The first-order valence-electron chi connectivity index (χ1n) is 6.58. The molecule has 2 unspecified atom stereocenters. The molecule has 2 atom stereocenters. The molecule has 6 nitrogen and oxygen atoms in total. The third-order valence-corrected chi connectivity index (χ3v) is 3.77. The van der Waals surface area contributed by atoms with Crippen LogP contribution < -0.4 is 10.1 Å². The Morgan fingerprint density at radius 1 is 1.62 bits per heavy atom. The van der Waals surface area contributed by atoms with Gasteiger partial charge in [0.2, 0.25) is 0 Å². The second-order valence-electron chi connectivity index (χ2n) is 4.95. The Bertz CT molecular complexity index is 559. The van der Waals surface area contributed by atoms with Gasteiger partial charge in [-0.05, 0) is 42.4 Å². The summed E-state index contributed by atoms with van der Waals surface area (Å²) in [7, 11) is 0. The van der Waals surface area contributed by atoms with Crippen molar-refractivity contribution in [1.82, 2.24) is 5.32 Å². The number of nitriles is 1. The maximum absolute atomic E-state index is 10.9. The summed E-state index contributed by atoms with van der Waals surface area (Å²) in [6, 6.07) is 6.86. The number of nitrogens with one attached hydrogen (secondary N) is 1. The van der Waals surface area contributed by atoms with E-state index in [0.717, 1.165) is 0 Å². The summed E-state index contributed by atoms with van der Waals surface area (Å²) in [5.41, 5.74) is -0.740. The van der Waals surface area contributed by atoms with Crippen molar-refractivity contribution in [1.29, 1.82) is 5.26 Å². The molecule has 0 aromatic heterocycles. The van der Waals surface area contributed by atoms with Gasteiger partial charge >= 0.3 is 0 Å². The van der Waals surface area contributed by atoms with Crippen molar-refractivity contribution in [2.24, 2.45) is 0 Å². The molecule has 21 heavy (non-hydrogen) atoms. The molecular formula is C14H18BrN3O3. The zero-order valence-electron chi connectivity index (χ0n) is 12.2. The van der Waals surface area contributed by atoms with E-state index in [4.69, 9.17) is 4.74 Å². The normalized spacial score (nSPS) is 14.8. The Balaban J connectivity index is 2.85. The zero-order chi connectivity index (χ0) is 16.0. The van der Waals surface area contributed by atoms with Crippen molar-refractivity contribution < 1.29 is 9.66 Å². The van der Waals surface area contributed by atoms with Crippen molar-refractivity contribution in [3.8, 4) is 11.8 Å². The molecule has 1 aromatic rings. The molecule has 0 aliphatic carbocycles. The lowest BCUT2D eigenvalue weighted by molar-refractivity contribution is -0.385. The van der Waals surface area contributed by atoms with Crippen LogP contribution in [0.1, 0.15) is 27.2 Å². The summed E-state index contributed by atoms with van der Waals surface area (Å²) in [4.78, 5) is 10.4. The molecule has 0 heterocycles. The highest BCUT2D eigenvalue weighted by atomic mass is 79.9. The van der Waals surface area contributed by atoms with Crippen molar-refractivity contribution >= 4 is 21.6 Å². The van der Waals surface area contributed by atoms with Gasteiger partial charge in [0.25, 0.3) is 5.69 Å². The average molecular weight is 356 g/mol. The SMILES string of the molecule is CCNC(C)(C#N)CC(C)Oc1cccc([N+](=O)[O-])c1Br. The van der Waals surface area contributed by atoms with E-state index in [1.807, 2.05) is 13.8 Å². The lowest BCUT2D eigenvalue weighted by Gasteiger charge is -2.26. The number of nitrogens with zero attached hydrogens (tertiary/aromatic N) is 2. The lowest BCUT2D eigenvalue weighted by Crippen LogP contribution is -2.44. The number of ether oxygens (including phenoxy) is 1. The third-order valence-electron chi connectivity index (χ3n) is 2.98. The number of nitro groups is 1. The van der Waals surface area contributed by atoms with Crippen LogP contribution in [0.4, 0.5) is 5.69 Å². The van der Waals surface area contributed by atoms with E-state index < -0.39 is 10.5 Å². The van der Waals surface area contributed by atoms with Crippen LogP contribution in [0.15, 0.2) is 22.7 Å². The van der Waals surface area contributed by atoms with Crippen LogP contribution in [-0.2, 0) is 0 Å². The molecule has 1 rings (SSSR count). The molecule has 0 saturated carbocycles. The number of hydrogen-bond donors (Lipinski definition) is 1. The molecule has 0 aliphatic heterocycles. The molecule has 7 heteroatoms. The second kappa shape index (κ2) is 7.38. The topological polar surface area (TPSA) is 88.2 Å². The quantitative estimate of drug-likeness (QED) is 0.597. The molecule has 1 aromatic carbocycles. The van der Waals surface area contributed by atoms with Gasteiger partial charge in [-0.15, -0.1) is 0 Å². The Hall–Kier alpha value is -1.65. The highest BCUT2D eigenvalue weighted by Gasteiger charge is 2.27. The van der Waals surface area contributed by atoms with E-state index in [0.29, 0.717) is 23.2 Å². The minimum atomic E-state index is -0.693. The fourth-order valence-corrected chi connectivity index (χ4v) is 2.61. The molecular weight excluding hydrogens is 338 g/mol. The molecule has 0 aliphatic rings. The van der Waals surface area contributed by atoms with E-state index in [9.17, 15) is 15.4 Å². The molecule has 0 radical (unpaired) electrons. The zero-order valence-corrected chi connectivity index (χ0v) is 13.8. The van der Waals surface area contributed by atoms with E-state index >= 15 is 0 Å². The summed E-state index contributed by atoms with van der Waals surface area (Å²) in [5, 5.41) is 23.2. The van der Waals surface area contributed by atoms with E-state index in [2.05, 4.69) is 27.3 Å². The van der Waals surface area contributed by atoms with Crippen LogP contribution in [-0.4, -0.2) is 23.1 Å². The standard InChI is InChI=1S/C14H18BrN3O3/c1-4-17-14(3,9-16)8-10(2)21-12-7-5-6-11(13(12)15)18(19)20/h5-7,10,17H,4,8H2,1-3H3. The molecule has 0 spiro atoms. The fourth-order valence-electron chi connectivity index (χ4n) is 2.11. The van der Waals surface area contributed by atoms with Gasteiger partial charge in [0.15, 0.2) is 0 Å². The second-order valence-corrected chi connectivity index (χ2v) is 5.75. The van der Waals surface area contributed by atoms with Crippen LogP contribution >= 0.6 is 15.9 Å². The largest absolute Gasteiger partial charge is 0.489 e. The highest BCUT2D eigenvalue weighted by molar-refractivity contribution is 9.10. The molecule has 0 amide bonds. The summed E-state index contributed by atoms with van der Waals surface area (Å²) in [5.74, 6) is 0.397. The fraction of sp³-hybridized carbons (Fsp3) is 0.500. The van der Waals surface area contributed by atoms with Gasteiger partial charge in [0, 0.05) is 12.5 Å². The smallest absolute Gasteiger partial charge is 0.287 e. The first-order chi connectivity index (χ1) is 9.83. The van der Waals surface area contributed by atoms with Crippen molar-refractivity contribution in [3.63, 3.8) is 0 Å². The van der Waals surface area contributed by atoms with Gasteiger partial charge in [0.05, 0.1) is 17.1 Å². The highest BCUT2D eigenvalue weighted by Crippen LogP contribution is 2.34. The number of nitro benzene ring substituents is 1. The van der Waals surface area contributed by atoms with E-state index in [-0.39, 0.29) is 11.8 Å². The molecule has 0 fully saturated rings. The Labute approximate surface area is 132 Å².